The van der Waals surface area contributed by atoms with Gasteiger partial charge in [-0.3, -0.25) is 4.90 Å². The van der Waals surface area contributed by atoms with Crippen molar-refractivity contribution in [1.29, 1.82) is 0 Å². The summed E-state index contributed by atoms with van der Waals surface area (Å²) in [5.74, 6) is 2.09. The van der Waals surface area contributed by atoms with Crippen LogP contribution in [0.15, 0.2) is 34.9 Å². The number of aryl methyl sites for hydroxylation is 1. The fourth-order valence-electron chi connectivity index (χ4n) is 3.65. The van der Waals surface area contributed by atoms with Crippen LogP contribution < -0.4 is 0 Å². The van der Waals surface area contributed by atoms with Crippen LogP contribution in [-0.4, -0.2) is 54.0 Å². The van der Waals surface area contributed by atoms with Crippen molar-refractivity contribution in [3.05, 3.63) is 47.6 Å². The zero-order chi connectivity index (χ0) is 16.4. The number of benzene rings is 1. The van der Waals surface area contributed by atoms with E-state index >= 15 is 0 Å². The Labute approximate surface area is 141 Å². The molecule has 2 aliphatic rings. The average Bonchev–Trinajstić information content (AvgIpc) is 3.28. The molecule has 4 rings (SSSR count). The van der Waals surface area contributed by atoms with Gasteiger partial charge >= 0.3 is 0 Å². The van der Waals surface area contributed by atoms with Crippen molar-refractivity contribution < 1.29 is 14.0 Å². The highest BCUT2D eigenvalue weighted by Gasteiger charge is 2.46. The summed E-state index contributed by atoms with van der Waals surface area (Å²) in [5, 5.41) is 3.91. The molecule has 2 aromatic rings. The minimum Gasteiger partial charge on any atom is -0.376 e. The highest BCUT2D eigenvalue weighted by Crippen LogP contribution is 2.39. The molecule has 0 N–H and O–H groups in total. The second-order valence-electron chi connectivity index (χ2n) is 6.62. The Morgan fingerprint density at radius 2 is 2.12 bits per heavy atom. The number of fused-ring (bicyclic) bond motifs is 1. The van der Waals surface area contributed by atoms with E-state index in [0.717, 1.165) is 32.1 Å². The summed E-state index contributed by atoms with van der Waals surface area (Å²) in [6.45, 7) is 6.84. The predicted molar refractivity (Wildman–Crippen MR) is 87.5 cm³/mol. The molecule has 0 radical (unpaired) electrons. The van der Waals surface area contributed by atoms with Gasteiger partial charge in [0.25, 0.3) is 0 Å². The molecule has 0 saturated carbocycles. The summed E-state index contributed by atoms with van der Waals surface area (Å²) in [6, 6.07) is 10.3. The highest BCUT2D eigenvalue weighted by atomic mass is 16.5. The van der Waals surface area contributed by atoms with Gasteiger partial charge in [0, 0.05) is 25.6 Å². The summed E-state index contributed by atoms with van der Waals surface area (Å²) < 4.78 is 17.1. The molecule has 0 unspecified atom stereocenters. The van der Waals surface area contributed by atoms with Crippen LogP contribution in [0.3, 0.4) is 0 Å². The van der Waals surface area contributed by atoms with E-state index in [9.17, 15) is 0 Å². The van der Waals surface area contributed by atoms with Gasteiger partial charge in [-0.2, -0.15) is 4.98 Å². The largest absolute Gasteiger partial charge is 0.376 e. The summed E-state index contributed by atoms with van der Waals surface area (Å²) in [7, 11) is 0. The molecule has 3 heterocycles. The third-order valence-corrected chi connectivity index (χ3v) is 4.92. The molecule has 3 atom stereocenters. The van der Waals surface area contributed by atoms with E-state index in [4.69, 9.17) is 14.0 Å². The molecule has 2 fully saturated rings. The SMILES string of the molecule is Cc1noc([C@H]2CO[C@@H]3CN(CCOCc4ccccc4)C[C@H]23)n1. The second-order valence-corrected chi connectivity index (χ2v) is 6.62. The third-order valence-electron chi connectivity index (χ3n) is 4.92. The number of rotatable bonds is 6. The van der Waals surface area contributed by atoms with Gasteiger partial charge in [0.15, 0.2) is 5.82 Å². The molecular formula is C18H23N3O3. The summed E-state index contributed by atoms with van der Waals surface area (Å²) in [6.07, 6.45) is 0.274. The molecule has 6 heteroatoms. The van der Waals surface area contributed by atoms with E-state index in [2.05, 4.69) is 27.2 Å². The molecule has 0 amide bonds. The Morgan fingerprint density at radius 3 is 2.92 bits per heavy atom. The number of likely N-dealkylation sites (tertiary alicyclic amines) is 1. The van der Waals surface area contributed by atoms with E-state index in [1.807, 2.05) is 25.1 Å². The van der Waals surface area contributed by atoms with Crippen LogP contribution in [0.4, 0.5) is 0 Å². The second kappa shape index (κ2) is 7.01. The van der Waals surface area contributed by atoms with Crippen molar-refractivity contribution in [1.82, 2.24) is 15.0 Å². The smallest absolute Gasteiger partial charge is 0.232 e. The molecular weight excluding hydrogens is 306 g/mol. The van der Waals surface area contributed by atoms with Crippen molar-refractivity contribution >= 4 is 0 Å². The Bertz CT molecular complexity index is 661. The third kappa shape index (κ3) is 3.36. The lowest BCUT2D eigenvalue weighted by molar-refractivity contribution is 0.0756. The quantitative estimate of drug-likeness (QED) is 0.756. The number of hydrogen-bond acceptors (Lipinski definition) is 6. The van der Waals surface area contributed by atoms with Crippen molar-refractivity contribution in [3.63, 3.8) is 0 Å². The van der Waals surface area contributed by atoms with Crippen LogP contribution in [0.5, 0.6) is 0 Å². The average molecular weight is 329 g/mol. The fourth-order valence-corrected chi connectivity index (χ4v) is 3.65. The first-order chi connectivity index (χ1) is 11.8. The topological polar surface area (TPSA) is 60.6 Å². The van der Waals surface area contributed by atoms with E-state index < -0.39 is 0 Å². The Balaban J connectivity index is 1.25. The van der Waals surface area contributed by atoms with Crippen molar-refractivity contribution in [2.24, 2.45) is 5.92 Å². The molecule has 0 spiro atoms. The van der Waals surface area contributed by atoms with Crippen molar-refractivity contribution in [2.75, 3.05) is 32.8 Å². The zero-order valence-corrected chi connectivity index (χ0v) is 13.9. The van der Waals surface area contributed by atoms with Gasteiger partial charge in [0.05, 0.1) is 31.8 Å². The number of nitrogens with zero attached hydrogens (tertiary/aromatic N) is 3. The van der Waals surface area contributed by atoms with Crippen LogP contribution in [-0.2, 0) is 16.1 Å². The Kier molecular flexibility index (Phi) is 4.60. The minimum absolute atomic E-state index is 0.228. The first-order valence-electron chi connectivity index (χ1n) is 8.55. The van der Waals surface area contributed by atoms with Gasteiger partial charge in [-0.15, -0.1) is 0 Å². The monoisotopic (exact) mass is 329 g/mol. The van der Waals surface area contributed by atoms with Crippen LogP contribution in [0.25, 0.3) is 0 Å². The standard InChI is InChI=1S/C18H23N3O3/c1-13-19-18(24-20-13)16-12-23-17-10-21(9-15(16)17)7-8-22-11-14-5-3-2-4-6-14/h2-6,15-17H,7-12H2,1H3/t15-,16+,17-/m1/s1. The number of ether oxygens (including phenoxy) is 2. The number of aromatic nitrogens is 2. The van der Waals surface area contributed by atoms with Crippen LogP contribution in [0.2, 0.25) is 0 Å². The zero-order valence-electron chi connectivity index (χ0n) is 13.9. The first kappa shape index (κ1) is 15.7. The Morgan fingerprint density at radius 1 is 1.25 bits per heavy atom. The summed E-state index contributed by atoms with van der Waals surface area (Å²) in [4.78, 5) is 6.80. The normalized spacial score (nSPS) is 26.8. The summed E-state index contributed by atoms with van der Waals surface area (Å²) >= 11 is 0. The lowest BCUT2D eigenvalue weighted by atomic mass is 9.93. The van der Waals surface area contributed by atoms with Gasteiger partial charge < -0.3 is 14.0 Å². The molecule has 128 valence electrons. The van der Waals surface area contributed by atoms with E-state index in [-0.39, 0.29) is 12.0 Å². The molecule has 1 aromatic carbocycles. The lowest BCUT2D eigenvalue weighted by Crippen LogP contribution is -2.28. The molecule has 2 saturated heterocycles. The van der Waals surface area contributed by atoms with Crippen LogP contribution >= 0.6 is 0 Å². The maximum Gasteiger partial charge on any atom is 0.232 e. The summed E-state index contributed by atoms with van der Waals surface area (Å²) in [5.41, 5.74) is 1.21. The van der Waals surface area contributed by atoms with E-state index in [1.54, 1.807) is 0 Å². The molecule has 0 aliphatic carbocycles. The predicted octanol–water partition coefficient (Wildman–Crippen LogP) is 2.01. The van der Waals surface area contributed by atoms with E-state index in [1.165, 1.54) is 5.56 Å². The minimum atomic E-state index is 0.228. The van der Waals surface area contributed by atoms with Gasteiger partial charge in [-0.1, -0.05) is 35.5 Å². The Hall–Kier alpha value is -1.76. The van der Waals surface area contributed by atoms with Crippen molar-refractivity contribution in [3.8, 4) is 0 Å². The van der Waals surface area contributed by atoms with Gasteiger partial charge in [-0.25, -0.2) is 0 Å². The van der Waals surface area contributed by atoms with Gasteiger partial charge in [0.1, 0.15) is 0 Å². The highest BCUT2D eigenvalue weighted by molar-refractivity contribution is 5.13. The first-order valence-corrected chi connectivity index (χ1v) is 8.55. The maximum absolute atomic E-state index is 5.95. The fraction of sp³-hybridized carbons (Fsp3) is 0.556. The van der Waals surface area contributed by atoms with E-state index in [0.29, 0.717) is 25.0 Å². The van der Waals surface area contributed by atoms with Crippen molar-refractivity contribution in [2.45, 2.75) is 25.6 Å². The maximum atomic E-state index is 5.95. The van der Waals surface area contributed by atoms with Crippen LogP contribution in [0.1, 0.15) is 23.2 Å². The lowest BCUT2D eigenvalue weighted by Gasteiger charge is -2.18. The number of hydrogen-bond donors (Lipinski definition) is 0. The molecule has 1 aromatic heterocycles. The molecule has 24 heavy (non-hydrogen) atoms. The van der Waals surface area contributed by atoms with Gasteiger partial charge in [-0.05, 0) is 12.5 Å². The van der Waals surface area contributed by atoms with Gasteiger partial charge in [0.2, 0.25) is 5.89 Å². The van der Waals surface area contributed by atoms with Crippen LogP contribution in [0, 0.1) is 12.8 Å². The molecule has 2 aliphatic heterocycles. The molecule has 0 bridgehead atoms. The molecule has 6 nitrogen and oxygen atoms in total.